The molecule has 0 atom stereocenters. The minimum Gasteiger partial charge on any atom is -0.464 e. The Labute approximate surface area is 106 Å². The van der Waals surface area contributed by atoms with Gasteiger partial charge in [0.05, 0.1) is 18.7 Å². The van der Waals surface area contributed by atoms with Crippen molar-refractivity contribution in [3.8, 4) is 0 Å². The molecule has 2 amide bonds. The lowest BCUT2D eigenvalue weighted by Gasteiger charge is -2.05. The van der Waals surface area contributed by atoms with Crippen molar-refractivity contribution in [2.45, 2.75) is 45.4 Å². The highest BCUT2D eigenvalue weighted by Crippen LogP contribution is 2.04. The second kappa shape index (κ2) is 11.4. The summed E-state index contributed by atoms with van der Waals surface area (Å²) >= 11 is 0.570. The van der Waals surface area contributed by atoms with Gasteiger partial charge in [0, 0.05) is 0 Å². The Morgan fingerprint density at radius 3 is 2.41 bits per heavy atom. The van der Waals surface area contributed by atoms with E-state index in [0.717, 1.165) is 19.3 Å². The van der Waals surface area contributed by atoms with Crippen LogP contribution in [-0.2, 0) is 4.74 Å². The molecule has 0 unspecified atom stereocenters. The first-order valence-corrected chi connectivity index (χ1v) is 6.56. The van der Waals surface area contributed by atoms with Crippen LogP contribution in [0.3, 0.4) is 0 Å². The summed E-state index contributed by atoms with van der Waals surface area (Å²) in [6.45, 7) is 2.53. The van der Waals surface area contributed by atoms with Crippen molar-refractivity contribution in [2.75, 3.05) is 6.61 Å². The summed E-state index contributed by atoms with van der Waals surface area (Å²) < 4.78 is 8.94. The van der Waals surface area contributed by atoms with Crippen molar-refractivity contribution in [3.05, 3.63) is 0 Å². The summed E-state index contributed by atoms with van der Waals surface area (Å²) in [4.78, 5) is 21.0. The van der Waals surface area contributed by atoms with Crippen LogP contribution < -0.4 is 9.44 Å². The number of rotatable bonds is 9. The summed E-state index contributed by atoms with van der Waals surface area (Å²) in [6, 6.07) is 0. The third-order valence-electron chi connectivity index (χ3n) is 2.00. The predicted octanol–water partition coefficient (Wildman–Crippen LogP) is 2.90. The lowest BCUT2D eigenvalue weighted by molar-refractivity contribution is 0.151. The zero-order chi connectivity index (χ0) is 12.9. The van der Waals surface area contributed by atoms with Crippen molar-refractivity contribution < 1.29 is 19.4 Å². The minimum atomic E-state index is -1.22. The van der Waals surface area contributed by atoms with Crippen molar-refractivity contribution in [1.29, 1.82) is 0 Å². The quantitative estimate of drug-likeness (QED) is 0.440. The molecule has 0 aliphatic carbocycles. The van der Waals surface area contributed by atoms with E-state index >= 15 is 0 Å². The molecule has 0 bridgehead atoms. The summed E-state index contributed by atoms with van der Waals surface area (Å²) in [5.74, 6) is 0. The molecule has 0 rings (SSSR count). The molecule has 0 saturated carbocycles. The van der Waals surface area contributed by atoms with Crippen LogP contribution in [0.1, 0.15) is 45.4 Å². The van der Waals surface area contributed by atoms with Crippen molar-refractivity contribution >= 4 is 24.3 Å². The van der Waals surface area contributed by atoms with E-state index in [1.54, 1.807) is 0 Å². The molecule has 6 nitrogen and oxygen atoms in total. The summed E-state index contributed by atoms with van der Waals surface area (Å²) in [6.07, 6.45) is 4.89. The fourth-order valence-corrected chi connectivity index (χ4v) is 1.47. The van der Waals surface area contributed by atoms with Crippen LogP contribution in [0.5, 0.6) is 0 Å². The molecule has 0 saturated heterocycles. The number of carboxylic acid groups (broad SMARTS) is 1. The average molecular weight is 264 g/mol. The van der Waals surface area contributed by atoms with E-state index in [-0.39, 0.29) is 0 Å². The van der Waals surface area contributed by atoms with Gasteiger partial charge in [-0.2, -0.15) is 0 Å². The fourth-order valence-electron chi connectivity index (χ4n) is 1.19. The van der Waals surface area contributed by atoms with Gasteiger partial charge in [-0.15, -0.1) is 0 Å². The van der Waals surface area contributed by atoms with Gasteiger partial charge in [-0.25, -0.2) is 19.0 Å². The molecule has 17 heavy (non-hydrogen) atoms. The third-order valence-corrected chi connectivity index (χ3v) is 2.55. The predicted molar refractivity (Wildman–Crippen MR) is 66.6 cm³/mol. The second-order valence-electron chi connectivity index (χ2n) is 3.52. The van der Waals surface area contributed by atoms with Gasteiger partial charge in [-0.3, -0.25) is 0 Å². The van der Waals surface area contributed by atoms with Crippen LogP contribution >= 0.6 is 12.1 Å². The van der Waals surface area contributed by atoms with Crippen molar-refractivity contribution in [2.24, 2.45) is 0 Å². The van der Waals surface area contributed by atoms with Gasteiger partial charge >= 0.3 is 12.2 Å². The van der Waals surface area contributed by atoms with E-state index in [4.69, 9.17) is 9.84 Å². The first-order valence-electron chi connectivity index (χ1n) is 5.74. The summed E-state index contributed by atoms with van der Waals surface area (Å²) in [5.41, 5.74) is 0. The Morgan fingerprint density at radius 1 is 1.12 bits per heavy atom. The molecule has 7 heteroatoms. The van der Waals surface area contributed by atoms with Crippen LogP contribution in [0.4, 0.5) is 9.59 Å². The number of carbonyl (C=O) groups excluding carboxylic acids is 1. The second-order valence-corrected chi connectivity index (χ2v) is 4.13. The Morgan fingerprint density at radius 2 is 1.76 bits per heavy atom. The van der Waals surface area contributed by atoms with Crippen molar-refractivity contribution in [3.63, 3.8) is 0 Å². The molecular formula is C10H20N2O4S. The highest BCUT2D eigenvalue weighted by molar-refractivity contribution is 7.96. The van der Waals surface area contributed by atoms with E-state index < -0.39 is 12.2 Å². The maximum absolute atomic E-state index is 11.0. The van der Waals surface area contributed by atoms with E-state index in [0.29, 0.717) is 18.7 Å². The van der Waals surface area contributed by atoms with Gasteiger partial charge in [0.15, 0.2) is 0 Å². The number of hydrogen-bond donors (Lipinski definition) is 3. The Hall–Kier alpha value is -1.11. The molecule has 0 aromatic heterocycles. The summed E-state index contributed by atoms with van der Waals surface area (Å²) in [5, 5.41) is 8.22. The number of ether oxygens (including phenoxy) is 1. The topological polar surface area (TPSA) is 87.7 Å². The number of hydrogen-bond acceptors (Lipinski definition) is 4. The van der Waals surface area contributed by atoms with Crippen molar-refractivity contribution in [1.82, 2.24) is 9.44 Å². The third kappa shape index (κ3) is 12.8. The lowest BCUT2D eigenvalue weighted by atomic mass is 10.1. The maximum atomic E-state index is 11.0. The molecule has 3 N–H and O–H groups in total. The van der Waals surface area contributed by atoms with Gasteiger partial charge in [0.2, 0.25) is 0 Å². The normalized spacial score (nSPS) is 9.71. The first-order chi connectivity index (χ1) is 8.16. The number of amides is 2. The molecule has 0 aliphatic heterocycles. The molecule has 0 aromatic carbocycles. The fraction of sp³-hybridized carbons (Fsp3) is 0.800. The van der Waals surface area contributed by atoms with Crippen LogP contribution in [-0.4, -0.2) is 23.9 Å². The van der Waals surface area contributed by atoms with Gasteiger partial charge in [0.1, 0.15) is 0 Å². The average Bonchev–Trinajstić information content (AvgIpc) is 2.27. The molecular weight excluding hydrogens is 244 g/mol. The van der Waals surface area contributed by atoms with Crippen LogP contribution in [0.2, 0.25) is 0 Å². The number of carbonyl (C=O) groups is 2. The lowest BCUT2D eigenvalue weighted by Crippen LogP contribution is -2.24. The van der Waals surface area contributed by atoms with Gasteiger partial charge < -0.3 is 9.84 Å². The first kappa shape index (κ1) is 15.9. The largest absolute Gasteiger partial charge is 0.464 e. The molecule has 0 heterocycles. The Balaban J connectivity index is 3.19. The zero-order valence-electron chi connectivity index (χ0n) is 10.0. The molecule has 100 valence electrons. The highest BCUT2D eigenvalue weighted by Gasteiger charge is 2.02. The van der Waals surface area contributed by atoms with E-state index in [2.05, 4.69) is 11.6 Å². The molecule has 0 aliphatic rings. The molecule has 0 aromatic rings. The molecule has 0 radical (unpaired) electrons. The highest BCUT2D eigenvalue weighted by atomic mass is 32.2. The number of nitrogens with one attached hydrogen (secondary N) is 2. The van der Waals surface area contributed by atoms with Gasteiger partial charge in [-0.05, 0) is 6.42 Å². The van der Waals surface area contributed by atoms with Crippen LogP contribution in [0.25, 0.3) is 0 Å². The standard InChI is InChI=1S/C10H20N2O4S/c1-2-3-4-5-6-7-8-16-10(15)12-17-11-9(13)14/h11H,2-8H2,1H3,(H,12,15)(H,13,14). The van der Waals surface area contributed by atoms with Crippen LogP contribution in [0.15, 0.2) is 0 Å². The van der Waals surface area contributed by atoms with E-state index in [9.17, 15) is 9.59 Å². The molecule has 0 fully saturated rings. The molecule has 0 spiro atoms. The van der Waals surface area contributed by atoms with E-state index in [1.807, 2.05) is 4.72 Å². The van der Waals surface area contributed by atoms with E-state index in [1.165, 1.54) is 19.3 Å². The minimum absolute atomic E-state index is 0.367. The summed E-state index contributed by atoms with van der Waals surface area (Å²) in [7, 11) is 0. The SMILES string of the molecule is CCCCCCCCOC(=O)NSNC(=O)O. The van der Waals surface area contributed by atoms with Crippen LogP contribution in [0, 0.1) is 0 Å². The Kier molecular flexibility index (Phi) is 10.6. The van der Waals surface area contributed by atoms with Gasteiger partial charge in [-0.1, -0.05) is 39.0 Å². The zero-order valence-corrected chi connectivity index (χ0v) is 10.8. The monoisotopic (exact) mass is 264 g/mol. The Bertz CT molecular complexity index is 226. The van der Waals surface area contributed by atoms with Gasteiger partial charge in [0.25, 0.3) is 0 Å². The smallest absolute Gasteiger partial charge is 0.418 e. The maximum Gasteiger partial charge on any atom is 0.418 e. The number of unbranched alkanes of at least 4 members (excludes halogenated alkanes) is 5.